The molecule has 10 heteroatoms. The van der Waals surface area contributed by atoms with Gasteiger partial charge in [0.15, 0.2) is 0 Å². The van der Waals surface area contributed by atoms with E-state index in [9.17, 15) is 9.59 Å². The summed E-state index contributed by atoms with van der Waals surface area (Å²) < 4.78 is 12.4. The van der Waals surface area contributed by atoms with E-state index >= 15 is 0 Å². The third-order valence-electron chi connectivity index (χ3n) is 22.5. The zero-order valence-corrected chi connectivity index (χ0v) is 65.8. The number of carbonyl (C=O) groups is 2. The molecule has 500 valence electrons. The number of hydrogen-bond acceptors (Lipinski definition) is 4. The Morgan fingerprint density at radius 2 is 0.478 bits per heavy atom. The second-order valence-corrected chi connectivity index (χ2v) is 54.8. The minimum Gasteiger partial charge on any atom is -0.457 e. The van der Waals surface area contributed by atoms with Gasteiger partial charge in [-0.1, -0.05) is 308 Å². The highest BCUT2D eigenvalue weighted by molar-refractivity contribution is 6.99. The van der Waals surface area contributed by atoms with Crippen LogP contribution >= 0.6 is 0 Å². The van der Waals surface area contributed by atoms with Gasteiger partial charge in [0, 0.05) is 22.3 Å². The molecule has 6 aromatic carbocycles. The van der Waals surface area contributed by atoms with Crippen LogP contribution in [0.2, 0.25) is 66.5 Å². The van der Waals surface area contributed by atoms with Crippen LogP contribution in [0, 0.1) is 0 Å². The molecular formula is C82H124N2O4Si4+2. The fraction of sp³-hybridized carbons (Fsp3) is 0.512. The van der Waals surface area contributed by atoms with Gasteiger partial charge in [-0.3, -0.25) is 0 Å². The van der Waals surface area contributed by atoms with Crippen LogP contribution in [0.1, 0.15) is 231 Å². The van der Waals surface area contributed by atoms with E-state index in [2.05, 4.69) is 322 Å². The first-order chi connectivity index (χ1) is 43.3. The molecule has 92 heavy (non-hydrogen) atoms. The SMILES string of the molecule is CC(C)[Si](c1cc(C(=O)OCc2ccc(C[NH2+]Cc3ccc(/C=C/c4ccc(C[NH2+]Cc5ccc(COC(=O)c6cc([Si](C(C)C)(C(C)C)C(C)C)cc([Si](C(C)C)(C(C)C)C(C)C)c6)cc5)cc4)cc3)cc2)cc([Si](C(C)C)(C(C)C)C(C)C)c1)(C(C)C)C(C)C. The number of quaternary nitrogens is 2. The molecule has 6 aromatic rings. The third kappa shape index (κ3) is 16.5. The monoisotopic (exact) mass is 1310 g/mol. The molecule has 0 radical (unpaired) electrons. The van der Waals surface area contributed by atoms with Crippen molar-refractivity contribution in [2.24, 2.45) is 0 Å². The minimum atomic E-state index is -2.07. The predicted octanol–water partition coefficient (Wildman–Crippen LogP) is 18.6. The third-order valence-corrected chi connectivity index (χ3v) is 50.6. The predicted molar refractivity (Wildman–Crippen MR) is 407 cm³/mol. The maximum Gasteiger partial charge on any atom is 0.338 e. The van der Waals surface area contributed by atoms with Crippen molar-refractivity contribution in [3.8, 4) is 0 Å². The maximum atomic E-state index is 14.3. The van der Waals surface area contributed by atoms with E-state index in [1.165, 1.54) is 54.1 Å². The first kappa shape index (κ1) is 75.8. The van der Waals surface area contributed by atoms with E-state index in [0.29, 0.717) is 66.5 Å². The summed E-state index contributed by atoms with van der Waals surface area (Å²) in [5.74, 6) is -0.426. The molecule has 0 aliphatic rings. The molecule has 0 heterocycles. The van der Waals surface area contributed by atoms with Gasteiger partial charge in [-0.2, -0.15) is 0 Å². The van der Waals surface area contributed by atoms with Crippen molar-refractivity contribution in [2.45, 2.75) is 272 Å². The van der Waals surface area contributed by atoms with Crippen LogP contribution in [0.4, 0.5) is 0 Å². The Bertz CT molecular complexity index is 2930. The maximum absolute atomic E-state index is 14.3. The number of carbonyl (C=O) groups excluding carboxylic acids is 2. The van der Waals surface area contributed by atoms with E-state index in [0.717, 1.165) is 48.4 Å². The lowest BCUT2D eigenvalue weighted by Gasteiger charge is -2.47. The summed E-state index contributed by atoms with van der Waals surface area (Å²) >= 11 is 0. The molecule has 0 atom stereocenters. The van der Waals surface area contributed by atoms with Gasteiger partial charge >= 0.3 is 11.9 Å². The zero-order valence-electron chi connectivity index (χ0n) is 61.8. The Balaban J connectivity index is 0.982. The van der Waals surface area contributed by atoms with Gasteiger partial charge in [0.2, 0.25) is 0 Å². The van der Waals surface area contributed by atoms with Crippen LogP contribution in [0.5, 0.6) is 0 Å². The van der Waals surface area contributed by atoms with Crippen molar-refractivity contribution in [3.63, 3.8) is 0 Å². The highest BCUT2D eigenvalue weighted by atomic mass is 28.3. The van der Waals surface area contributed by atoms with Crippen LogP contribution in [-0.2, 0) is 48.9 Å². The van der Waals surface area contributed by atoms with Crippen molar-refractivity contribution in [2.75, 3.05) is 0 Å². The van der Waals surface area contributed by atoms with E-state index in [1.807, 2.05) is 0 Å². The topological polar surface area (TPSA) is 85.8 Å². The Morgan fingerprint density at radius 1 is 0.293 bits per heavy atom. The van der Waals surface area contributed by atoms with Crippen molar-refractivity contribution in [1.29, 1.82) is 0 Å². The van der Waals surface area contributed by atoms with Crippen molar-refractivity contribution in [1.82, 2.24) is 0 Å². The Morgan fingerprint density at radius 3 is 0.674 bits per heavy atom. The summed E-state index contributed by atoms with van der Waals surface area (Å²) in [5, 5.41) is 10.4. The van der Waals surface area contributed by atoms with Crippen LogP contribution < -0.4 is 31.4 Å². The lowest BCUT2D eigenvalue weighted by atomic mass is 10.1. The van der Waals surface area contributed by atoms with E-state index < -0.39 is 32.3 Å². The van der Waals surface area contributed by atoms with Crippen LogP contribution in [0.15, 0.2) is 133 Å². The molecule has 0 aromatic heterocycles. The smallest absolute Gasteiger partial charge is 0.338 e. The first-order valence-electron chi connectivity index (χ1n) is 35.6. The van der Waals surface area contributed by atoms with Gasteiger partial charge in [0.25, 0.3) is 0 Å². The van der Waals surface area contributed by atoms with Gasteiger partial charge in [-0.15, -0.1) is 0 Å². The molecule has 0 saturated heterocycles. The average Bonchev–Trinajstić information content (AvgIpc) is 0.747. The standard InChI is InChI=1S/C82H122N2O4Si4/c1-55(2)89(56(3)4,57(5)6)77-43-75(44-78(47-77)90(58(7)8,59(9)10)60(11)12)81(85)87-53-73-39-35-71(36-40-73)51-83-49-69-31-27-67(28-32-69)25-26-68-29-33-70(34-30-68)50-84-52-72-37-41-74(42-38-72)54-88-82(86)76-45-79(91(61(13)14,62(15)16)63(17)18)48-80(46-76)92(64(19)20,65(21)22)66(23)24/h25-48,55-66,83-84H,49-54H2,1-24H3/p+2/b26-25+. The normalized spacial score (nSPS) is 13.0. The number of esters is 2. The number of nitrogens with two attached hydrogens (primary N) is 2. The molecular weight excluding hydrogens is 1190 g/mol. The lowest BCUT2D eigenvalue weighted by Crippen LogP contribution is -2.80. The number of hydrogen-bond donors (Lipinski definition) is 2. The first-order valence-corrected chi connectivity index (χ1v) is 44.6. The molecule has 0 unspecified atom stereocenters. The van der Waals surface area contributed by atoms with Crippen molar-refractivity contribution >= 4 is 77.1 Å². The number of benzene rings is 6. The number of ether oxygens (including phenoxy) is 2. The Kier molecular flexibility index (Phi) is 27.2. The molecule has 6 nitrogen and oxygen atoms in total. The lowest BCUT2D eigenvalue weighted by molar-refractivity contribution is -0.686. The second kappa shape index (κ2) is 33.0. The summed E-state index contributed by atoms with van der Waals surface area (Å²) in [6, 6.07) is 49.0. The quantitative estimate of drug-likeness (QED) is 0.0250. The van der Waals surface area contributed by atoms with Gasteiger partial charge in [0.1, 0.15) is 39.4 Å². The molecule has 0 aliphatic carbocycles. The molecule has 6 rings (SSSR count). The summed E-state index contributed by atoms with van der Waals surface area (Å²) in [7, 11) is -8.28. The number of rotatable bonds is 32. The van der Waals surface area contributed by atoms with E-state index in [4.69, 9.17) is 9.47 Å². The minimum absolute atomic E-state index is 0.213. The summed E-state index contributed by atoms with van der Waals surface area (Å²) in [4.78, 5) is 28.5. The zero-order chi connectivity index (χ0) is 68.2. The van der Waals surface area contributed by atoms with Crippen molar-refractivity contribution in [3.05, 3.63) is 189 Å². The summed E-state index contributed by atoms with van der Waals surface area (Å²) in [6.07, 6.45) is 4.38. The van der Waals surface area contributed by atoms with Gasteiger partial charge in [-0.05, 0) is 113 Å². The van der Waals surface area contributed by atoms with Crippen LogP contribution in [-0.4, -0.2) is 44.2 Å². The van der Waals surface area contributed by atoms with Crippen molar-refractivity contribution < 1.29 is 29.7 Å². The highest BCUT2D eigenvalue weighted by Crippen LogP contribution is 2.46. The largest absolute Gasteiger partial charge is 0.457 e. The van der Waals surface area contributed by atoms with E-state index in [1.54, 1.807) is 0 Å². The Labute approximate surface area is 564 Å². The summed E-state index contributed by atoms with van der Waals surface area (Å²) in [6.45, 7) is 62.1. The molecule has 0 bridgehead atoms. The summed E-state index contributed by atoms with van der Waals surface area (Å²) in [5.41, 5.74) is 17.3. The van der Waals surface area contributed by atoms with E-state index in [-0.39, 0.29) is 25.2 Å². The van der Waals surface area contributed by atoms with Gasteiger partial charge in [-0.25, -0.2) is 9.59 Å². The molecule has 0 amide bonds. The average molecular weight is 1310 g/mol. The molecule has 0 saturated carbocycles. The molecule has 4 N–H and O–H groups in total. The highest BCUT2D eigenvalue weighted by Gasteiger charge is 2.50. The Hall–Kier alpha value is -5.21. The molecule has 0 spiro atoms. The van der Waals surface area contributed by atoms with Crippen LogP contribution in [0.25, 0.3) is 12.2 Å². The van der Waals surface area contributed by atoms with Gasteiger partial charge < -0.3 is 20.1 Å². The molecule has 0 aliphatic heterocycles. The second-order valence-electron chi connectivity index (χ2n) is 31.2. The van der Waals surface area contributed by atoms with Gasteiger partial charge in [0.05, 0.1) is 43.4 Å². The fourth-order valence-corrected chi connectivity index (χ4v) is 46.6. The van der Waals surface area contributed by atoms with Crippen LogP contribution in [0.3, 0.4) is 0 Å². The fourth-order valence-electron chi connectivity index (χ4n) is 19.0. The molecule has 0 fully saturated rings.